The second-order valence-electron chi connectivity index (χ2n) is 8.73. The van der Waals surface area contributed by atoms with Gasteiger partial charge in [0.15, 0.2) is 0 Å². The molecule has 132 valence electrons. The van der Waals surface area contributed by atoms with Gasteiger partial charge in [-0.1, -0.05) is 39.0 Å². The number of amides is 1. The van der Waals surface area contributed by atoms with Crippen molar-refractivity contribution in [3.05, 3.63) is 36.0 Å². The summed E-state index contributed by atoms with van der Waals surface area (Å²) < 4.78 is 0. The number of H-pyrrole nitrogens is 1. The van der Waals surface area contributed by atoms with Crippen LogP contribution < -0.4 is 5.32 Å². The molecule has 1 heterocycles. The number of Topliss-reactive ketones (excluding diaryl/α,β-unsaturated/α-hetero) is 1. The molecule has 4 nitrogen and oxygen atoms in total. The lowest BCUT2D eigenvalue weighted by atomic mass is 9.48. The van der Waals surface area contributed by atoms with Crippen molar-refractivity contribution in [3.63, 3.8) is 0 Å². The van der Waals surface area contributed by atoms with Crippen molar-refractivity contribution in [1.82, 2.24) is 10.3 Å². The van der Waals surface area contributed by atoms with E-state index in [-0.39, 0.29) is 16.9 Å². The molecule has 1 aromatic carbocycles. The number of hydrogen-bond acceptors (Lipinski definition) is 2. The average molecular weight is 338 g/mol. The summed E-state index contributed by atoms with van der Waals surface area (Å²) in [5.41, 5.74) is 1.45. The van der Waals surface area contributed by atoms with Crippen LogP contribution in [-0.2, 0) is 4.79 Å². The van der Waals surface area contributed by atoms with Gasteiger partial charge in [-0.3, -0.25) is 9.59 Å². The second kappa shape index (κ2) is 5.45. The first-order valence-electron chi connectivity index (χ1n) is 9.24. The van der Waals surface area contributed by atoms with Crippen LogP contribution in [0.1, 0.15) is 56.8 Å². The summed E-state index contributed by atoms with van der Waals surface area (Å²) in [6.07, 6.45) is 6.37. The summed E-state index contributed by atoms with van der Waals surface area (Å²) in [6, 6.07) is 7.63. The van der Waals surface area contributed by atoms with Gasteiger partial charge in [0.05, 0.1) is 5.56 Å². The Morgan fingerprint density at radius 3 is 2.48 bits per heavy atom. The molecule has 1 aromatic heterocycles. The van der Waals surface area contributed by atoms with E-state index in [2.05, 4.69) is 31.1 Å². The number of fused-ring (bicyclic) bond motifs is 4. The molecule has 25 heavy (non-hydrogen) atoms. The van der Waals surface area contributed by atoms with Gasteiger partial charge in [0.25, 0.3) is 11.7 Å². The number of aromatic nitrogens is 1. The highest BCUT2D eigenvalue weighted by Crippen LogP contribution is 2.58. The maximum Gasteiger partial charge on any atom is 0.292 e. The normalized spacial score (nSPS) is 30.4. The van der Waals surface area contributed by atoms with Gasteiger partial charge in [-0.25, -0.2) is 0 Å². The Morgan fingerprint density at radius 2 is 1.80 bits per heavy atom. The van der Waals surface area contributed by atoms with Gasteiger partial charge in [-0.2, -0.15) is 0 Å². The molecular weight excluding hydrogens is 312 g/mol. The van der Waals surface area contributed by atoms with E-state index in [1.165, 1.54) is 12.8 Å². The van der Waals surface area contributed by atoms with Crippen LogP contribution in [0.15, 0.2) is 30.5 Å². The standard InChI is InChI=1S/C21H26N2O2/c1-20(2)13-8-10-21(3,11-9-13)19(20)23-18(25)17(24)15-12-22-16-7-5-4-6-14(15)16/h4-7,12-13,19,22H,8-11H2,1-3H3,(H,23,25). The first-order chi connectivity index (χ1) is 11.8. The molecule has 0 spiro atoms. The summed E-state index contributed by atoms with van der Waals surface area (Å²) in [6.45, 7) is 6.76. The maximum absolute atomic E-state index is 12.8. The van der Waals surface area contributed by atoms with E-state index in [1.54, 1.807) is 6.20 Å². The summed E-state index contributed by atoms with van der Waals surface area (Å²) in [5, 5.41) is 3.94. The highest BCUT2D eigenvalue weighted by atomic mass is 16.2. The van der Waals surface area contributed by atoms with E-state index in [4.69, 9.17) is 0 Å². The Labute approximate surface area is 148 Å². The van der Waals surface area contributed by atoms with E-state index in [0.717, 1.165) is 23.7 Å². The van der Waals surface area contributed by atoms with E-state index < -0.39 is 11.7 Å². The van der Waals surface area contributed by atoms with Crippen molar-refractivity contribution in [1.29, 1.82) is 0 Å². The zero-order chi connectivity index (χ0) is 17.8. The van der Waals surface area contributed by atoms with Crippen molar-refractivity contribution in [3.8, 4) is 0 Å². The van der Waals surface area contributed by atoms with Crippen LogP contribution in [0.3, 0.4) is 0 Å². The van der Waals surface area contributed by atoms with Gasteiger partial charge in [-0.05, 0) is 48.5 Å². The minimum atomic E-state index is -0.475. The fourth-order valence-corrected chi connectivity index (χ4v) is 5.38. The Bertz CT molecular complexity index is 836. The molecule has 0 aliphatic heterocycles. The van der Waals surface area contributed by atoms with Crippen LogP contribution in [0, 0.1) is 16.7 Å². The lowest BCUT2D eigenvalue weighted by Crippen LogP contribution is -2.63. The highest BCUT2D eigenvalue weighted by Gasteiger charge is 2.55. The number of rotatable bonds is 3. The minimum absolute atomic E-state index is 0.0292. The van der Waals surface area contributed by atoms with Crippen LogP contribution >= 0.6 is 0 Å². The number of carbonyl (C=O) groups excluding carboxylic acids is 2. The third-order valence-corrected chi connectivity index (χ3v) is 6.94. The molecule has 2 bridgehead atoms. The third-order valence-electron chi connectivity index (χ3n) is 6.94. The number of nitrogens with one attached hydrogen (secondary N) is 2. The topological polar surface area (TPSA) is 62.0 Å². The zero-order valence-electron chi connectivity index (χ0n) is 15.2. The zero-order valence-corrected chi connectivity index (χ0v) is 15.2. The van der Waals surface area contributed by atoms with E-state index in [1.807, 2.05) is 24.3 Å². The molecule has 0 saturated heterocycles. The Kier molecular flexibility index (Phi) is 3.57. The third kappa shape index (κ3) is 2.42. The predicted octanol–water partition coefficient (Wildman–Crippen LogP) is 4.07. The molecule has 1 amide bonds. The molecule has 3 saturated carbocycles. The number of benzene rings is 1. The van der Waals surface area contributed by atoms with Gasteiger partial charge in [0.1, 0.15) is 0 Å². The van der Waals surface area contributed by atoms with Crippen molar-refractivity contribution in [2.75, 3.05) is 0 Å². The molecule has 4 heteroatoms. The van der Waals surface area contributed by atoms with Crippen molar-refractivity contribution < 1.29 is 9.59 Å². The van der Waals surface area contributed by atoms with Crippen molar-refractivity contribution in [2.45, 2.75) is 52.5 Å². The van der Waals surface area contributed by atoms with Gasteiger partial charge >= 0.3 is 0 Å². The van der Waals surface area contributed by atoms with Crippen LogP contribution in [0.4, 0.5) is 0 Å². The minimum Gasteiger partial charge on any atom is -0.360 e. The first-order valence-corrected chi connectivity index (χ1v) is 9.24. The second-order valence-corrected chi connectivity index (χ2v) is 8.73. The monoisotopic (exact) mass is 338 g/mol. The Morgan fingerprint density at radius 1 is 1.12 bits per heavy atom. The summed E-state index contributed by atoms with van der Waals surface area (Å²) >= 11 is 0. The van der Waals surface area contributed by atoms with Crippen LogP contribution in [0.2, 0.25) is 0 Å². The van der Waals surface area contributed by atoms with Gasteiger partial charge in [0, 0.05) is 23.1 Å². The smallest absolute Gasteiger partial charge is 0.292 e. The molecule has 3 aliphatic carbocycles. The molecule has 1 atom stereocenters. The van der Waals surface area contributed by atoms with E-state index in [9.17, 15) is 9.59 Å². The summed E-state index contributed by atoms with van der Waals surface area (Å²) in [7, 11) is 0. The number of para-hydroxylation sites is 1. The molecule has 1 unspecified atom stereocenters. The average Bonchev–Trinajstić information content (AvgIpc) is 3.01. The van der Waals surface area contributed by atoms with E-state index >= 15 is 0 Å². The fraction of sp³-hybridized carbons (Fsp3) is 0.524. The first kappa shape index (κ1) is 16.4. The van der Waals surface area contributed by atoms with Gasteiger partial charge in [0.2, 0.25) is 0 Å². The Hall–Kier alpha value is -2.10. The van der Waals surface area contributed by atoms with Crippen molar-refractivity contribution >= 4 is 22.6 Å². The summed E-state index contributed by atoms with van der Waals surface area (Å²) in [4.78, 5) is 28.6. The summed E-state index contributed by atoms with van der Waals surface area (Å²) in [5.74, 6) is -0.294. The lowest BCUT2D eigenvalue weighted by Gasteiger charge is -2.59. The van der Waals surface area contributed by atoms with Crippen molar-refractivity contribution in [2.24, 2.45) is 16.7 Å². The number of ketones is 1. The molecule has 2 aromatic rings. The maximum atomic E-state index is 12.8. The molecule has 0 radical (unpaired) electrons. The molecule has 3 aliphatic rings. The molecular formula is C21H26N2O2. The quantitative estimate of drug-likeness (QED) is 0.654. The van der Waals surface area contributed by atoms with Crippen LogP contribution in [0.5, 0.6) is 0 Å². The number of carbonyl (C=O) groups is 2. The van der Waals surface area contributed by atoms with Crippen LogP contribution in [0.25, 0.3) is 10.9 Å². The fourth-order valence-electron chi connectivity index (χ4n) is 5.38. The van der Waals surface area contributed by atoms with Gasteiger partial charge < -0.3 is 10.3 Å². The molecule has 2 N–H and O–H groups in total. The largest absolute Gasteiger partial charge is 0.360 e. The predicted molar refractivity (Wildman–Crippen MR) is 98.4 cm³/mol. The highest BCUT2D eigenvalue weighted by molar-refractivity contribution is 6.45. The number of hydrogen-bond donors (Lipinski definition) is 2. The molecule has 3 fully saturated rings. The number of aromatic amines is 1. The molecule has 5 rings (SSSR count). The Balaban J connectivity index is 1.60. The van der Waals surface area contributed by atoms with E-state index in [0.29, 0.717) is 11.5 Å². The lowest BCUT2D eigenvalue weighted by molar-refractivity contribution is -0.126. The van der Waals surface area contributed by atoms with Crippen LogP contribution in [-0.4, -0.2) is 22.7 Å². The van der Waals surface area contributed by atoms with Gasteiger partial charge in [-0.15, -0.1) is 0 Å². The SMILES string of the molecule is CC12CCC(CC1)C(C)(C)C2NC(=O)C(=O)c1c[nH]c2ccccc12.